The number of hydrogen-bond acceptors (Lipinski definition) is 7. The summed E-state index contributed by atoms with van der Waals surface area (Å²) in [4.78, 5) is 17.1. The van der Waals surface area contributed by atoms with E-state index in [1.165, 1.54) is 27.9 Å². The second-order valence-corrected chi connectivity index (χ2v) is 10.3. The van der Waals surface area contributed by atoms with Gasteiger partial charge < -0.3 is 14.2 Å². The number of aryl methyl sites for hydroxylation is 3. The lowest BCUT2D eigenvalue weighted by Gasteiger charge is -2.20. The Morgan fingerprint density at radius 3 is 2.42 bits per heavy atom. The SMILES string of the molecule is CCOc1cc(/C=C2/C(=N)N3N=C(c4ccc(C)cc4)SC3=NC2=O)ccc1OCCOc1ccc(C)c(C)c1. The quantitative estimate of drug-likeness (QED) is 0.252. The van der Waals surface area contributed by atoms with Gasteiger partial charge in [-0.15, -0.1) is 0 Å². The molecule has 0 radical (unpaired) electrons. The summed E-state index contributed by atoms with van der Waals surface area (Å²) in [5.74, 6) is 1.41. The molecule has 0 atom stereocenters. The molecule has 3 aromatic rings. The third kappa shape index (κ3) is 5.94. The minimum absolute atomic E-state index is 0.0219. The first-order chi connectivity index (χ1) is 19.3. The highest BCUT2D eigenvalue weighted by Crippen LogP contribution is 2.33. The molecule has 0 spiro atoms. The summed E-state index contributed by atoms with van der Waals surface area (Å²) in [5, 5.41) is 15.7. The summed E-state index contributed by atoms with van der Waals surface area (Å²) in [6.45, 7) is 9.19. The van der Waals surface area contributed by atoms with Crippen LogP contribution in [0.3, 0.4) is 0 Å². The number of hydrazone groups is 1. The largest absolute Gasteiger partial charge is 0.490 e. The van der Waals surface area contributed by atoms with E-state index in [4.69, 9.17) is 19.6 Å². The zero-order chi connectivity index (χ0) is 28.2. The lowest BCUT2D eigenvalue weighted by Crippen LogP contribution is -2.35. The van der Waals surface area contributed by atoms with Gasteiger partial charge in [0, 0.05) is 5.56 Å². The molecule has 8 nitrogen and oxygen atoms in total. The number of carbonyl (C=O) groups is 1. The first-order valence-electron chi connectivity index (χ1n) is 13.0. The first kappa shape index (κ1) is 27.2. The maximum atomic E-state index is 12.9. The van der Waals surface area contributed by atoms with Gasteiger partial charge >= 0.3 is 0 Å². The molecule has 0 bridgehead atoms. The summed E-state index contributed by atoms with van der Waals surface area (Å²) >= 11 is 1.28. The van der Waals surface area contributed by atoms with E-state index < -0.39 is 5.91 Å². The summed E-state index contributed by atoms with van der Waals surface area (Å²) in [5.41, 5.74) is 5.28. The molecule has 2 aliphatic rings. The van der Waals surface area contributed by atoms with E-state index in [0.717, 1.165) is 16.9 Å². The number of fused-ring (bicyclic) bond motifs is 1. The number of ether oxygens (including phenoxy) is 3. The molecule has 0 aliphatic carbocycles. The average Bonchev–Trinajstić information content (AvgIpc) is 3.36. The highest BCUT2D eigenvalue weighted by Gasteiger charge is 2.36. The zero-order valence-corrected chi connectivity index (χ0v) is 23.7. The molecule has 0 saturated heterocycles. The number of aliphatic imine (C=N–C) groups is 1. The third-order valence-corrected chi connectivity index (χ3v) is 7.38. The molecule has 40 heavy (non-hydrogen) atoms. The number of amidine groups is 2. The van der Waals surface area contributed by atoms with E-state index in [1.807, 2.05) is 62.4 Å². The molecule has 2 aliphatic heterocycles. The van der Waals surface area contributed by atoms with E-state index >= 15 is 0 Å². The van der Waals surface area contributed by atoms with Crippen LogP contribution in [0.25, 0.3) is 6.08 Å². The number of carbonyl (C=O) groups excluding carboxylic acids is 1. The third-order valence-electron chi connectivity index (χ3n) is 6.42. The maximum absolute atomic E-state index is 12.9. The first-order valence-corrected chi connectivity index (χ1v) is 13.8. The van der Waals surface area contributed by atoms with Crippen molar-refractivity contribution in [1.29, 1.82) is 5.41 Å². The van der Waals surface area contributed by atoms with Crippen molar-refractivity contribution < 1.29 is 19.0 Å². The molecule has 5 rings (SSSR count). The number of nitrogens with zero attached hydrogens (tertiary/aromatic N) is 3. The molecule has 3 aromatic carbocycles. The van der Waals surface area contributed by atoms with Gasteiger partial charge in [-0.3, -0.25) is 10.2 Å². The molecule has 9 heteroatoms. The topological polar surface area (TPSA) is 96.6 Å². The lowest BCUT2D eigenvalue weighted by atomic mass is 10.1. The van der Waals surface area contributed by atoms with Gasteiger partial charge in [0.2, 0.25) is 5.17 Å². The highest BCUT2D eigenvalue weighted by atomic mass is 32.2. The van der Waals surface area contributed by atoms with Crippen LogP contribution in [0.4, 0.5) is 0 Å². The van der Waals surface area contributed by atoms with Gasteiger partial charge in [0.1, 0.15) is 24.0 Å². The minimum Gasteiger partial charge on any atom is -0.490 e. The second kappa shape index (κ2) is 11.8. The molecule has 0 unspecified atom stereocenters. The monoisotopic (exact) mass is 554 g/mol. The molecule has 1 amide bonds. The molecular formula is C31H30N4O4S. The predicted octanol–water partition coefficient (Wildman–Crippen LogP) is 6.14. The Balaban J connectivity index is 1.29. The Kier molecular flexibility index (Phi) is 8.02. The van der Waals surface area contributed by atoms with Crippen LogP contribution in [0.5, 0.6) is 17.2 Å². The van der Waals surface area contributed by atoms with Crippen molar-refractivity contribution in [2.75, 3.05) is 19.8 Å². The van der Waals surface area contributed by atoms with E-state index in [1.54, 1.807) is 18.2 Å². The van der Waals surface area contributed by atoms with Gasteiger partial charge in [0.25, 0.3) is 5.91 Å². The van der Waals surface area contributed by atoms with Crippen LogP contribution in [-0.4, -0.2) is 46.8 Å². The smallest absolute Gasteiger partial charge is 0.283 e. The van der Waals surface area contributed by atoms with Crippen LogP contribution in [0.15, 0.2) is 76.3 Å². The predicted molar refractivity (Wildman–Crippen MR) is 160 cm³/mol. The van der Waals surface area contributed by atoms with Gasteiger partial charge in [-0.05, 0) is 86.5 Å². The fourth-order valence-corrected chi connectivity index (χ4v) is 4.98. The van der Waals surface area contributed by atoms with Crippen molar-refractivity contribution in [2.45, 2.75) is 27.7 Å². The van der Waals surface area contributed by atoms with Crippen LogP contribution in [0.1, 0.15) is 34.7 Å². The summed E-state index contributed by atoms with van der Waals surface area (Å²) in [6, 6.07) is 19.3. The molecule has 1 N–H and O–H groups in total. The van der Waals surface area contributed by atoms with Gasteiger partial charge in [-0.25, -0.2) is 0 Å². The number of amides is 1. The number of nitrogens with one attached hydrogen (secondary N) is 1. The van der Waals surface area contributed by atoms with Gasteiger partial charge in [-0.1, -0.05) is 42.0 Å². The minimum atomic E-state index is -0.481. The number of thioether (sulfide) groups is 1. The highest BCUT2D eigenvalue weighted by molar-refractivity contribution is 8.27. The Labute approximate surface area is 237 Å². The van der Waals surface area contributed by atoms with Crippen molar-refractivity contribution >= 4 is 39.8 Å². The van der Waals surface area contributed by atoms with Crippen LogP contribution >= 0.6 is 11.8 Å². The van der Waals surface area contributed by atoms with Crippen molar-refractivity contribution in [2.24, 2.45) is 10.1 Å². The molecule has 0 fully saturated rings. The maximum Gasteiger partial charge on any atom is 0.283 e. The Morgan fingerprint density at radius 1 is 0.900 bits per heavy atom. The van der Waals surface area contributed by atoms with Crippen molar-refractivity contribution in [3.05, 3.63) is 94.1 Å². The van der Waals surface area contributed by atoms with Gasteiger partial charge in [0.15, 0.2) is 17.3 Å². The van der Waals surface area contributed by atoms with Crippen LogP contribution in [-0.2, 0) is 4.79 Å². The zero-order valence-electron chi connectivity index (χ0n) is 22.9. The van der Waals surface area contributed by atoms with Crippen molar-refractivity contribution in [3.8, 4) is 17.2 Å². The molecule has 2 heterocycles. The number of rotatable bonds is 9. The normalized spacial score (nSPS) is 15.6. The summed E-state index contributed by atoms with van der Waals surface area (Å²) in [6.07, 6.45) is 1.63. The number of benzene rings is 3. The van der Waals surface area contributed by atoms with Crippen molar-refractivity contribution in [3.63, 3.8) is 0 Å². The second-order valence-electron chi connectivity index (χ2n) is 9.37. The molecule has 0 saturated carbocycles. The number of hydrogen-bond donors (Lipinski definition) is 1. The fraction of sp³-hybridized carbons (Fsp3) is 0.226. The van der Waals surface area contributed by atoms with Gasteiger partial charge in [-0.2, -0.15) is 15.1 Å². The fourth-order valence-electron chi connectivity index (χ4n) is 4.09. The Morgan fingerprint density at radius 2 is 1.68 bits per heavy atom. The van der Waals surface area contributed by atoms with Crippen LogP contribution < -0.4 is 14.2 Å². The summed E-state index contributed by atoms with van der Waals surface area (Å²) in [7, 11) is 0. The van der Waals surface area contributed by atoms with E-state index in [9.17, 15) is 4.79 Å². The molecule has 0 aromatic heterocycles. The van der Waals surface area contributed by atoms with E-state index in [2.05, 4.69) is 23.9 Å². The molecule has 204 valence electrons. The van der Waals surface area contributed by atoms with E-state index in [0.29, 0.717) is 47.1 Å². The standard InChI is InChI=1S/C31H30N4O4S/c1-5-37-27-18-22(9-13-26(27)39-15-14-38-24-12-8-20(3)21(4)16-24)17-25-28(32)35-31(33-29(25)36)40-30(34-35)23-10-6-19(2)7-11-23/h6-13,16-18,32H,5,14-15H2,1-4H3/b25-17-,32-28?. The summed E-state index contributed by atoms with van der Waals surface area (Å²) < 4.78 is 17.6. The Hall–Kier alpha value is -4.37. The lowest BCUT2D eigenvalue weighted by molar-refractivity contribution is -0.114. The Bertz CT molecular complexity index is 1560. The average molecular weight is 555 g/mol. The van der Waals surface area contributed by atoms with Gasteiger partial charge in [0.05, 0.1) is 12.2 Å². The van der Waals surface area contributed by atoms with Crippen molar-refractivity contribution in [1.82, 2.24) is 5.01 Å². The van der Waals surface area contributed by atoms with Crippen LogP contribution in [0, 0.1) is 26.2 Å². The van der Waals surface area contributed by atoms with Crippen LogP contribution in [0.2, 0.25) is 0 Å². The molecular weight excluding hydrogens is 524 g/mol. The van der Waals surface area contributed by atoms with E-state index in [-0.39, 0.29) is 11.4 Å².